The zero-order chi connectivity index (χ0) is 17.3. The summed E-state index contributed by atoms with van der Waals surface area (Å²) in [6.07, 6.45) is 5.85. The van der Waals surface area contributed by atoms with E-state index < -0.39 is 5.60 Å². The van der Waals surface area contributed by atoms with E-state index in [9.17, 15) is 4.79 Å². The Hall–Kier alpha value is -2.23. The fourth-order valence-electron chi connectivity index (χ4n) is 3.22. The van der Waals surface area contributed by atoms with Gasteiger partial charge in [-0.2, -0.15) is 0 Å². The molecule has 1 aliphatic carbocycles. The monoisotopic (exact) mass is 327 g/mol. The van der Waals surface area contributed by atoms with Crippen LogP contribution in [-0.2, 0) is 17.6 Å². The van der Waals surface area contributed by atoms with Gasteiger partial charge in [0.15, 0.2) is 0 Å². The van der Waals surface area contributed by atoms with Gasteiger partial charge in [0.25, 0.3) is 0 Å². The van der Waals surface area contributed by atoms with Gasteiger partial charge < -0.3 is 9.47 Å². The van der Waals surface area contributed by atoms with E-state index in [2.05, 4.69) is 0 Å². The Morgan fingerprint density at radius 2 is 1.75 bits per heavy atom. The number of fused-ring (bicyclic) bond motifs is 1. The number of ether oxygens (including phenoxy) is 2. The molecule has 1 aliphatic rings. The number of carbonyl (C=O) groups excluding carboxylic acids is 1. The molecule has 0 atom stereocenters. The molecular formula is C20H25NO3. The number of methoxy groups -OCH3 is 1. The minimum Gasteiger partial charge on any atom is -0.497 e. The van der Waals surface area contributed by atoms with E-state index >= 15 is 0 Å². The predicted octanol–water partition coefficient (Wildman–Crippen LogP) is 4.83. The van der Waals surface area contributed by atoms with Crippen LogP contribution in [0.5, 0.6) is 5.75 Å². The van der Waals surface area contributed by atoms with Gasteiger partial charge in [-0.3, -0.25) is 4.57 Å². The maximum Gasteiger partial charge on any atom is 0.418 e. The summed E-state index contributed by atoms with van der Waals surface area (Å²) in [4.78, 5) is 12.6. The van der Waals surface area contributed by atoms with Gasteiger partial charge in [0, 0.05) is 17.5 Å². The molecule has 0 spiro atoms. The zero-order valence-electron chi connectivity index (χ0n) is 14.9. The molecule has 1 heterocycles. The van der Waals surface area contributed by atoms with Crippen LogP contribution in [0.15, 0.2) is 30.5 Å². The number of nitrogens with zero attached hydrogens (tertiary/aromatic N) is 1. The lowest BCUT2D eigenvalue weighted by Gasteiger charge is -2.21. The van der Waals surface area contributed by atoms with E-state index in [1.165, 1.54) is 5.56 Å². The lowest BCUT2D eigenvalue weighted by atomic mass is 9.92. The number of carbonyl (C=O) groups is 1. The summed E-state index contributed by atoms with van der Waals surface area (Å²) in [5, 5.41) is 0. The molecule has 3 rings (SSSR count). The minimum absolute atomic E-state index is 0.291. The largest absolute Gasteiger partial charge is 0.497 e. The Labute approximate surface area is 143 Å². The number of benzene rings is 1. The summed E-state index contributed by atoms with van der Waals surface area (Å²) in [6, 6.07) is 8.00. The Bertz CT molecular complexity index is 735. The van der Waals surface area contributed by atoms with Crippen molar-refractivity contribution >= 4 is 6.09 Å². The molecule has 4 nitrogen and oxygen atoms in total. The van der Waals surface area contributed by atoms with E-state index in [1.807, 2.05) is 51.2 Å². The summed E-state index contributed by atoms with van der Waals surface area (Å²) in [5.74, 6) is 0.833. The highest BCUT2D eigenvalue weighted by Crippen LogP contribution is 2.34. The summed E-state index contributed by atoms with van der Waals surface area (Å²) < 4.78 is 12.5. The quantitative estimate of drug-likeness (QED) is 0.793. The van der Waals surface area contributed by atoms with Crippen molar-refractivity contribution in [3.05, 3.63) is 41.7 Å². The van der Waals surface area contributed by atoms with E-state index in [0.29, 0.717) is 0 Å². The van der Waals surface area contributed by atoms with Crippen LogP contribution in [0.4, 0.5) is 4.79 Å². The maximum absolute atomic E-state index is 12.6. The first kappa shape index (κ1) is 16.6. The Morgan fingerprint density at radius 1 is 1.08 bits per heavy atom. The Kier molecular flexibility index (Phi) is 4.39. The molecule has 0 aliphatic heterocycles. The lowest BCUT2D eigenvalue weighted by molar-refractivity contribution is 0.0532. The average Bonchev–Trinajstić information content (AvgIpc) is 2.93. The van der Waals surface area contributed by atoms with Crippen LogP contribution in [0.3, 0.4) is 0 Å². The molecule has 0 saturated carbocycles. The fourth-order valence-corrected chi connectivity index (χ4v) is 3.22. The van der Waals surface area contributed by atoms with Gasteiger partial charge in [0.1, 0.15) is 11.4 Å². The average molecular weight is 327 g/mol. The van der Waals surface area contributed by atoms with Gasteiger partial charge in [-0.1, -0.05) is 12.1 Å². The van der Waals surface area contributed by atoms with Gasteiger partial charge in [0.2, 0.25) is 0 Å². The topological polar surface area (TPSA) is 40.5 Å². The van der Waals surface area contributed by atoms with E-state index in [0.717, 1.165) is 48.3 Å². The van der Waals surface area contributed by atoms with Gasteiger partial charge in [-0.05, 0) is 69.7 Å². The molecule has 0 N–H and O–H groups in total. The number of hydrogen-bond acceptors (Lipinski definition) is 3. The summed E-state index contributed by atoms with van der Waals surface area (Å²) in [6.45, 7) is 5.68. The standard InChI is InChI=1S/C20H25NO3/c1-20(2,3)24-19(22)21-13-17(16-7-5-6-8-18(16)21)14-9-11-15(23-4)12-10-14/h9-13H,5-8H2,1-4H3. The highest BCUT2D eigenvalue weighted by Gasteiger charge is 2.26. The maximum atomic E-state index is 12.6. The lowest BCUT2D eigenvalue weighted by Crippen LogP contribution is -2.28. The van der Waals surface area contributed by atoms with E-state index in [4.69, 9.17) is 9.47 Å². The van der Waals surface area contributed by atoms with Crippen molar-refractivity contribution in [1.29, 1.82) is 0 Å². The summed E-state index contributed by atoms with van der Waals surface area (Å²) >= 11 is 0. The van der Waals surface area contributed by atoms with Crippen molar-refractivity contribution in [3.8, 4) is 16.9 Å². The molecule has 24 heavy (non-hydrogen) atoms. The molecule has 0 unspecified atom stereocenters. The van der Waals surface area contributed by atoms with Crippen molar-refractivity contribution < 1.29 is 14.3 Å². The van der Waals surface area contributed by atoms with Gasteiger partial charge in [-0.15, -0.1) is 0 Å². The third-order valence-corrected chi connectivity index (χ3v) is 4.30. The van der Waals surface area contributed by atoms with Crippen molar-refractivity contribution in [2.45, 2.75) is 52.1 Å². The molecule has 0 fully saturated rings. The molecule has 1 aromatic heterocycles. The highest BCUT2D eigenvalue weighted by atomic mass is 16.6. The van der Waals surface area contributed by atoms with Crippen LogP contribution in [0.25, 0.3) is 11.1 Å². The number of hydrogen-bond donors (Lipinski definition) is 0. The highest BCUT2D eigenvalue weighted by molar-refractivity contribution is 5.78. The fraction of sp³-hybridized carbons (Fsp3) is 0.450. The summed E-state index contributed by atoms with van der Waals surface area (Å²) in [7, 11) is 1.66. The first-order chi connectivity index (χ1) is 11.4. The summed E-state index contributed by atoms with van der Waals surface area (Å²) in [5.41, 5.74) is 4.11. The second-order valence-corrected chi connectivity index (χ2v) is 7.25. The van der Waals surface area contributed by atoms with Crippen LogP contribution in [0.1, 0.15) is 44.9 Å². The second-order valence-electron chi connectivity index (χ2n) is 7.25. The van der Waals surface area contributed by atoms with Gasteiger partial charge in [-0.25, -0.2) is 4.79 Å². The SMILES string of the molecule is COc1ccc(-c2cn(C(=O)OC(C)(C)C)c3c2CCCC3)cc1. The van der Waals surface area contributed by atoms with Crippen LogP contribution in [0.2, 0.25) is 0 Å². The third kappa shape index (κ3) is 3.32. The van der Waals surface area contributed by atoms with Crippen LogP contribution in [0, 0.1) is 0 Å². The van der Waals surface area contributed by atoms with Crippen molar-refractivity contribution in [2.24, 2.45) is 0 Å². The molecule has 0 bridgehead atoms. The van der Waals surface area contributed by atoms with E-state index in [-0.39, 0.29) is 6.09 Å². The van der Waals surface area contributed by atoms with Crippen LogP contribution in [-0.4, -0.2) is 23.4 Å². The zero-order valence-corrected chi connectivity index (χ0v) is 14.9. The Balaban J connectivity index is 2.02. The number of aromatic nitrogens is 1. The smallest absolute Gasteiger partial charge is 0.418 e. The molecule has 0 saturated heterocycles. The molecule has 128 valence electrons. The van der Waals surface area contributed by atoms with Gasteiger partial charge >= 0.3 is 6.09 Å². The molecule has 4 heteroatoms. The predicted molar refractivity (Wildman–Crippen MR) is 94.7 cm³/mol. The van der Waals surface area contributed by atoms with Gasteiger partial charge in [0.05, 0.1) is 7.11 Å². The van der Waals surface area contributed by atoms with Crippen molar-refractivity contribution in [3.63, 3.8) is 0 Å². The van der Waals surface area contributed by atoms with Crippen LogP contribution >= 0.6 is 0 Å². The molecular weight excluding hydrogens is 302 g/mol. The normalized spacial score (nSPS) is 14.2. The van der Waals surface area contributed by atoms with Crippen molar-refractivity contribution in [2.75, 3.05) is 7.11 Å². The first-order valence-electron chi connectivity index (χ1n) is 8.50. The van der Waals surface area contributed by atoms with Crippen LogP contribution < -0.4 is 4.74 Å². The first-order valence-corrected chi connectivity index (χ1v) is 8.50. The Morgan fingerprint density at radius 3 is 2.38 bits per heavy atom. The number of rotatable bonds is 2. The van der Waals surface area contributed by atoms with Crippen molar-refractivity contribution in [1.82, 2.24) is 4.57 Å². The molecule has 0 radical (unpaired) electrons. The second kappa shape index (κ2) is 6.34. The minimum atomic E-state index is -0.497. The molecule has 1 aromatic carbocycles. The third-order valence-electron chi connectivity index (χ3n) is 4.30. The molecule has 0 amide bonds. The molecule has 2 aromatic rings. The van der Waals surface area contributed by atoms with E-state index in [1.54, 1.807) is 11.7 Å².